The van der Waals surface area contributed by atoms with Crippen LogP contribution in [0.2, 0.25) is 10.3 Å². The molecule has 2 heterocycles. The van der Waals surface area contributed by atoms with Gasteiger partial charge in [-0.2, -0.15) is 0 Å². The predicted octanol–water partition coefficient (Wildman–Crippen LogP) is 4.77. The molecule has 1 aromatic carbocycles. The normalized spacial score (nSPS) is 17.7. The Kier molecular flexibility index (Phi) is 3.89. The van der Waals surface area contributed by atoms with E-state index in [1.807, 2.05) is 24.3 Å². The first-order chi connectivity index (χ1) is 9.15. The van der Waals surface area contributed by atoms with Gasteiger partial charge in [-0.25, -0.2) is 9.97 Å². The fourth-order valence-corrected chi connectivity index (χ4v) is 3.26. The van der Waals surface area contributed by atoms with Gasteiger partial charge in [-0.3, -0.25) is 0 Å². The number of halogens is 3. The molecule has 0 bridgehead atoms. The van der Waals surface area contributed by atoms with Crippen molar-refractivity contribution < 1.29 is 4.74 Å². The Morgan fingerprint density at radius 2 is 1.89 bits per heavy atom. The van der Waals surface area contributed by atoms with Crippen molar-refractivity contribution in [3.63, 3.8) is 0 Å². The lowest BCUT2D eigenvalue weighted by molar-refractivity contribution is 0.210. The summed E-state index contributed by atoms with van der Waals surface area (Å²) in [5, 5.41) is 0.588. The maximum atomic E-state index is 5.99. The van der Waals surface area contributed by atoms with Crippen LogP contribution in [0.15, 0.2) is 33.6 Å². The highest BCUT2D eigenvalue weighted by molar-refractivity contribution is 9.10. The molecule has 0 saturated carbocycles. The fraction of sp³-hybridized carbons (Fsp3) is 0.167. The van der Waals surface area contributed by atoms with E-state index < -0.39 is 0 Å². The Morgan fingerprint density at radius 1 is 1.21 bits per heavy atom. The highest BCUT2D eigenvalue weighted by Gasteiger charge is 2.25. The van der Waals surface area contributed by atoms with Gasteiger partial charge < -0.3 is 4.74 Å². The molecule has 0 saturated heterocycles. The molecular formula is C12H7BrCl2N2OS. The summed E-state index contributed by atoms with van der Waals surface area (Å²) in [6.07, 6.45) is -0.247. The second-order valence-corrected chi connectivity index (χ2v) is 6.41. The van der Waals surface area contributed by atoms with Crippen molar-refractivity contribution in [1.29, 1.82) is 0 Å². The molecule has 7 heteroatoms. The SMILES string of the molecule is Clc1nc(C2CSc3ccccc3O2)nc(Cl)c1Br. The van der Waals surface area contributed by atoms with Gasteiger partial charge in [0.25, 0.3) is 0 Å². The first-order valence-electron chi connectivity index (χ1n) is 5.42. The Morgan fingerprint density at radius 3 is 2.63 bits per heavy atom. The maximum absolute atomic E-state index is 5.99. The topological polar surface area (TPSA) is 35.0 Å². The first kappa shape index (κ1) is 13.5. The summed E-state index contributed by atoms with van der Waals surface area (Å²) < 4.78 is 6.39. The number of nitrogens with zero attached hydrogens (tertiary/aromatic N) is 2. The average Bonchev–Trinajstić information content (AvgIpc) is 2.43. The zero-order chi connectivity index (χ0) is 13.4. The van der Waals surface area contributed by atoms with E-state index in [0.29, 0.717) is 20.6 Å². The molecule has 19 heavy (non-hydrogen) atoms. The number of rotatable bonds is 1. The minimum absolute atomic E-state index is 0.247. The summed E-state index contributed by atoms with van der Waals surface area (Å²) in [7, 11) is 0. The van der Waals surface area contributed by atoms with Crippen LogP contribution in [-0.4, -0.2) is 15.7 Å². The van der Waals surface area contributed by atoms with Gasteiger partial charge in [-0.1, -0.05) is 35.3 Å². The number of hydrogen-bond donors (Lipinski definition) is 0. The Bertz CT molecular complexity index is 618. The molecule has 1 aromatic heterocycles. The highest BCUT2D eigenvalue weighted by atomic mass is 79.9. The summed E-state index contributed by atoms with van der Waals surface area (Å²) in [6, 6.07) is 7.87. The number of ether oxygens (including phenoxy) is 1. The van der Waals surface area contributed by atoms with E-state index in [1.165, 1.54) is 0 Å². The first-order valence-corrected chi connectivity index (χ1v) is 7.95. The molecular weight excluding hydrogens is 371 g/mol. The van der Waals surface area contributed by atoms with Crippen LogP contribution in [0.25, 0.3) is 0 Å². The van der Waals surface area contributed by atoms with Gasteiger partial charge in [0.2, 0.25) is 0 Å². The number of benzene rings is 1. The monoisotopic (exact) mass is 376 g/mol. The molecule has 3 rings (SSSR count). The molecule has 1 aliphatic heterocycles. The van der Waals surface area contributed by atoms with E-state index in [9.17, 15) is 0 Å². The van der Waals surface area contributed by atoms with Crippen LogP contribution in [-0.2, 0) is 0 Å². The van der Waals surface area contributed by atoms with Crippen molar-refractivity contribution in [1.82, 2.24) is 9.97 Å². The van der Waals surface area contributed by atoms with E-state index >= 15 is 0 Å². The smallest absolute Gasteiger partial charge is 0.173 e. The molecule has 1 aliphatic rings. The zero-order valence-corrected chi connectivity index (χ0v) is 13.4. The summed E-state index contributed by atoms with van der Waals surface area (Å²) in [6.45, 7) is 0. The molecule has 0 spiro atoms. The lowest BCUT2D eigenvalue weighted by atomic mass is 10.3. The van der Waals surface area contributed by atoms with Crippen molar-refractivity contribution >= 4 is 50.9 Å². The summed E-state index contributed by atoms with van der Waals surface area (Å²) in [4.78, 5) is 9.55. The van der Waals surface area contributed by atoms with Crippen molar-refractivity contribution in [2.24, 2.45) is 0 Å². The number of thioether (sulfide) groups is 1. The third-order valence-corrected chi connectivity index (χ3v) is 5.46. The third-order valence-electron chi connectivity index (χ3n) is 2.58. The van der Waals surface area contributed by atoms with E-state index in [2.05, 4.69) is 25.9 Å². The second-order valence-electron chi connectivity index (χ2n) is 3.84. The van der Waals surface area contributed by atoms with Crippen molar-refractivity contribution in [3.05, 3.63) is 44.9 Å². The minimum atomic E-state index is -0.247. The Balaban J connectivity index is 1.93. The van der Waals surface area contributed by atoms with Crippen LogP contribution in [0.5, 0.6) is 5.75 Å². The molecule has 1 atom stereocenters. The molecule has 0 N–H and O–H groups in total. The minimum Gasteiger partial charge on any atom is -0.480 e. The zero-order valence-electron chi connectivity index (χ0n) is 9.44. The fourth-order valence-electron chi connectivity index (χ4n) is 1.70. The Labute approximate surface area is 132 Å². The quantitative estimate of drug-likeness (QED) is 0.670. The molecule has 1 unspecified atom stereocenters. The standard InChI is InChI=1S/C12H7BrCl2N2OS/c13-9-10(14)16-12(17-11(9)15)7-5-19-8-4-2-1-3-6(8)18-7/h1-4,7H,5H2. The molecule has 0 radical (unpaired) electrons. The summed E-state index contributed by atoms with van der Waals surface area (Å²) in [5.41, 5.74) is 0. The largest absolute Gasteiger partial charge is 0.480 e. The van der Waals surface area contributed by atoms with Gasteiger partial charge in [-0.15, -0.1) is 11.8 Å². The van der Waals surface area contributed by atoms with Crippen LogP contribution in [0.3, 0.4) is 0 Å². The van der Waals surface area contributed by atoms with Crippen LogP contribution in [0.4, 0.5) is 0 Å². The van der Waals surface area contributed by atoms with E-state index in [4.69, 9.17) is 27.9 Å². The van der Waals surface area contributed by atoms with Crippen molar-refractivity contribution in [3.8, 4) is 5.75 Å². The molecule has 98 valence electrons. The number of hydrogen-bond acceptors (Lipinski definition) is 4. The third kappa shape index (κ3) is 2.70. The predicted molar refractivity (Wildman–Crippen MR) is 80.3 cm³/mol. The molecule has 3 nitrogen and oxygen atoms in total. The maximum Gasteiger partial charge on any atom is 0.173 e. The van der Waals surface area contributed by atoms with Gasteiger partial charge in [0.15, 0.2) is 11.9 Å². The molecule has 0 fully saturated rings. The molecule has 2 aromatic rings. The van der Waals surface area contributed by atoms with Crippen LogP contribution in [0, 0.1) is 0 Å². The van der Waals surface area contributed by atoms with E-state index in [-0.39, 0.29) is 6.10 Å². The number of para-hydroxylation sites is 1. The van der Waals surface area contributed by atoms with Crippen molar-refractivity contribution in [2.45, 2.75) is 11.0 Å². The van der Waals surface area contributed by atoms with Gasteiger partial charge >= 0.3 is 0 Å². The summed E-state index contributed by atoms with van der Waals surface area (Å²) >= 11 is 16.9. The Hall–Kier alpha value is -0.490. The van der Waals surface area contributed by atoms with E-state index in [0.717, 1.165) is 16.4 Å². The van der Waals surface area contributed by atoms with Crippen LogP contribution in [0.1, 0.15) is 11.9 Å². The van der Waals surface area contributed by atoms with Gasteiger partial charge in [0.05, 0.1) is 4.47 Å². The van der Waals surface area contributed by atoms with E-state index in [1.54, 1.807) is 11.8 Å². The van der Waals surface area contributed by atoms with Gasteiger partial charge in [0.1, 0.15) is 16.1 Å². The lowest BCUT2D eigenvalue weighted by Gasteiger charge is -2.24. The number of fused-ring (bicyclic) bond motifs is 1. The van der Waals surface area contributed by atoms with Gasteiger partial charge in [0, 0.05) is 10.6 Å². The summed E-state index contributed by atoms with van der Waals surface area (Å²) in [5.74, 6) is 2.06. The highest BCUT2D eigenvalue weighted by Crippen LogP contribution is 2.40. The average molecular weight is 378 g/mol. The molecule has 0 amide bonds. The van der Waals surface area contributed by atoms with Crippen molar-refractivity contribution in [2.75, 3.05) is 5.75 Å². The second kappa shape index (κ2) is 5.48. The lowest BCUT2D eigenvalue weighted by Crippen LogP contribution is -2.18. The molecule has 0 aliphatic carbocycles. The van der Waals surface area contributed by atoms with Crippen LogP contribution < -0.4 is 4.74 Å². The van der Waals surface area contributed by atoms with Gasteiger partial charge in [-0.05, 0) is 28.1 Å². The van der Waals surface area contributed by atoms with Crippen LogP contribution >= 0.6 is 50.9 Å². The number of aromatic nitrogens is 2.